The third-order valence-corrected chi connectivity index (χ3v) is 4.37. The zero-order valence-electron chi connectivity index (χ0n) is 14.0. The summed E-state index contributed by atoms with van der Waals surface area (Å²) in [5.74, 6) is 2.18. The molecule has 10 heteroatoms. The molecule has 0 aliphatic rings. The minimum absolute atomic E-state index is 0.411. The molecule has 0 atom stereocenters. The van der Waals surface area contributed by atoms with Gasteiger partial charge in [-0.05, 0) is 17.7 Å². The molecule has 0 saturated carbocycles. The fraction of sp³-hybridized carbons (Fsp3) is 0.267. The molecule has 2 aromatic heterocycles. The van der Waals surface area contributed by atoms with Gasteiger partial charge in [-0.2, -0.15) is 19.6 Å². The number of thioether (sulfide) groups is 1. The van der Waals surface area contributed by atoms with E-state index < -0.39 is 0 Å². The van der Waals surface area contributed by atoms with Crippen LogP contribution in [0.15, 0.2) is 35.7 Å². The van der Waals surface area contributed by atoms with Crippen molar-refractivity contribution in [1.29, 1.82) is 0 Å². The average molecular weight is 377 g/mol. The lowest BCUT2D eigenvalue weighted by atomic mass is 10.2. The molecule has 3 aromatic rings. The average Bonchev–Trinajstić information content (AvgIpc) is 3.10. The molecule has 0 aliphatic carbocycles. The van der Waals surface area contributed by atoms with E-state index >= 15 is 0 Å². The predicted molar refractivity (Wildman–Crippen MR) is 99.6 cm³/mol. The Morgan fingerprint density at radius 1 is 1.16 bits per heavy atom. The fourth-order valence-electron chi connectivity index (χ4n) is 1.91. The van der Waals surface area contributed by atoms with Gasteiger partial charge in [0.2, 0.25) is 17.1 Å². The lowest BCUT2D eigenvalue weighted by molar-refractivity contribution is 0.765. The third kappa shape index (κ3) is 4.37. The minimum Gasteiger partial charge on any atom is -0.357 e. The molecule has 1 aromatic carbocycles. The zero-order chi connectivity index (χ0) is 17.8. The molecule has 8 nitrogen and oxygen atoms in total. The van der Waals surface area contributed by atoms with Crippen LogP contribution in [0.5, 0.6) is 0 Å². The zero-order valence-corrected chi connectivity index (χ0v) is 15.6. The van der Waals surface area contributed by atoms with Crippen LogP contribution in [0.1, 0.15) is 5.56 Å². The standard InChI is InChI=1S/C15H17ClN8S/c1-17-12-19-13(23(2)3)21-14(20-12)24-9-18-15(22-24)25-8-10-4-6-11(16)7-5-10/h4-7,9H,8H2,1-3H3,(H,17,19,20,21). The van der Waals surface area contributed by atoms with E-state index in [2.05, 4.69) is 30.4 Å². The molecule has 0 fully saturated rings. The first-order valence-corrected chi connectivity index (χ1v) is 8.82. The van der Waals surface area contributed by atoms with Crippen molar-refractivity contribution in [1.82, 2.24) is 29.7 Å². The Morgan fingerprint density at radius 2 is 1.92 bits per heavy atom. The summed E-state index contributed by atoms with van der Waals surface area (Å²) < 4.78 is 1.54. The highest BCUT2D eigenvalue weighted by Crippen LogP contribution is 2.21. The number of nitrogens with zero attached hydrogens (tertiary/aromatic N) is 7. The summed E-state index contributed by atoms with van der Waals surface area (Å²) in [5, 5.41) is 8.73. The SMILES string of the molecule is CNc1nc(N(C)C)nc(-n2cnc(SCc3ccc(Cl)cc3)n2)n1. The first-order valence-electron chi connectivity index (χ1n) is 7.45. The van der Waals surface area contributed by atoms with Gasteiger partial charge >= 0.3 is 0 Å². The Morgan fingerprint density at radius 3 is 2.60 bits per heavy atom. The smallest absolute Gasteiger partial charge is 0.258 e. The van der Waals surface area contributed by atoms with Crippen molar-refractivity contribution >= 4 is 35.3 Å². The van der Waals surface area contributed by atoms with E-state index in [0.29, 0.717) is 23.0 Å². The maximum atomic E-state index is 5.90. The molecule has 2 heterocycles. The second-order valence-corrected chi connectivity index (χ2v) is 6.67. The molecular formula is C15H17ClN8S. The molecule has 0 spiro atoms. The third-order valence-electron chi connectivity index (χ3n) is 3.19. The maximum Gasteiger partial charge on any atom is 0.258 e. The Hall–Kier alpha value is -2.39. The van der Waals surface area contributed by atoms with Gasteiger partial charge in [-0.25, -0.2) is 4.98 Å². The molecule has 0 saturated heterocycles. The Kier molecular flexibility index (Phi) is 5.34. The number of hydrogen-bond donors (Lipinski definition) is 1. The Balaban J connectivity index is 1.76. The number of benzene rings is 1. The van der Waals surface area contributed by atoms with E-state index in [4.69, 9.17) is 11.6 Å². The summed E-state index contributed by atoms with van der Waals surface area (Å²) in [6.45, 7) is 0. The van der Waals surface area contributed by atoms with Crippen molar-refractivity contribution in [3.8, 4) is 5.95 Å². The van der Waals surface area contributed by atoms with Crippen LogP contribution in [0, 0.1) is 0 Å². The van der Waals surface area contributed by atoms with Gasteiger partial charge in [0.05, 0.1) is 0 Å². The van der Waals surface area contributed by atoms with Crippen molar-refractivity contribution in [2.45, 2.75) is 10.9 Å². The van der Waals surface area contributed by atoms with Gasteiger partial charge in [0, 0.05) is 31.9 Å². The van der Waals surface area contributed by atoms with Crippen molar-refractivity contribution < 1.29 is 0 Å². The monoisotopic (exact) mass is 376 g/mol. The number of nitrogens with one attached hydrogen (secondary N) is 1. The van der Waals surface area contributed by atoms with Crippen molar-refractivity contribution in [3.63, 3.8) is 0 Å². The molecule has 1 N–H and O–H groups in total. The summed E-state index contributed by atoms with van der Waals surface area (Å²) in [6, 6.07) is 7.72. The van der Waals surface area contributed by atoms with Crippen LogP contribution < -0.4 is 10.2 Å². The van der Waals surface area contributed by atoms with Crippen molar-refractivity contribution in [3.05, 3.63) is 41.2 Å². The van der Waals surface area contributed by atoms with Gasteiger partial charge in [-0.1, -0.05) is 35.5 Å². The predicted octanol–water partition coefficient (Wildman–Crippen LogP) is 2.51. The van der Waals surface area contributed by atoms with E-state index in [0.717, 1.165) is 16.3 Å². The van der Waals surface area contributed by atoms with E-state index in [9.17, 15) is 0 Å². The lowest BCUT2D eigenvalue weighted by Gasteiger charge is -2.11. The van der Waals surface area contributed by atoms with Crippen LogP contribution in [0.2, 0.25) is 5.02 Å². The molecule has 3 rings (SSSR count). The van der Waals surface area contributed by atoms with Crippen molar-refractivity contribution in [2.24, 2.45) is 0 Å². The first-order chi connectivity index (χ1) is 12.0. The van der Waals surface area contributed by atoms with Gasteiger partial charge < -0.3 is 10.2 Å². The molecule has 0 bridgehead atoms. The number of rotatable bonds is 6. The highest BCUT2D eigenvalue weighted by molar-refractivity contribution is 7.98. The molecule has 0 aliphatic heterocycles. The lowest BCUT2D eigenvalue weighted by Crippen LogP contribution is -2.17. The summed E-state index contributed by atoms with van der Waals surface area (Å²) in [5.41, 5.74) is 1.15. The molecule has 0 amide bonds. The van der Waals surface area contributed by atoms with Gasteiger partial charge in [-0.15, -0.1) is 5.10 Å². The fourth-order valence-corrected chi connectivity index (χ4v) is 2.79. The Labute approximate surface area is 154 Å². The van der Waals surface area contributed by atoms with E-state index in [1.165, 1.54) is 11.8 Å². The summed E-state index contributed by atoms with van der Waals surface area (Å²) in [6.07, 6.45) is 1.60. The highest BCUT2D eigenvalue weighted by Gasteiger charge is 2.11. The topological polar surface area (TPSA) is 84.7 Å². The van der Waals surface area contributed by atoms with Crippen LogP contribution in [-0.4, -0.2) is 50.9 Å². The quantitative estimate of drug-likeness (QED) is 0.657. The van der Waals surface area contributed by atoms with Crippen LogP contribution in [0.3, 0.4) is 0 Å². The van der Waals surface area contributed by atoms with Gasteiger partial charge in [0.25, 0.3) is 5.95 Å². The molecule has 130 valence electrons. The summed E-state index contributed by atoms with van der Waals surface area (Å²) >= 11 is 7.43. The largest absolute Gasteiger partial charge is 0.357 e. The van der Waals surface area contributed by atoms with E-state index in [1.807, 2.05) is 38.4 Å². The summed E-state index contributed by atoms with van der Waals surface area (Å²) in [4.78, 5) is 19.1. The molecular weight excluding hydrogens is 360 g/mol. The van der Waals surface area contributed by atoms with Crippen LogP contribution >= 0.6 is 23.4 Å². The number of anilines is 2. The molecule has 0 unspecified atom stereocenters. The maximum absolute atomic E-state index is 5.90. The molecule has 25 heavy (non-hydrogen) atoms. The van der Waals surface area contributed by atoms with Crippen molar-refractivity contribution in [2.75, 3.05) is 31.4 Å². The normalized spacial score (nSPS) is 10.7. The number of aromatic nitrogens is 6. The Bertz CT molecular complexity index is 849. The van der Waals surface area contributed by atoms with E-state index in [-0.39, 0.29) is 0 Å². The van der Waals surface area contributed by atoms with Crippen LogP contribution in [-0.2, 0) is 5.75 Å². The second-order valence-electron chi connectivity index (χ2n) is 5.29. The highest BCUT2D eigenvalue weighted by atomic mass is 35.5. The van der Waals surface area contributed by atoms with E-state index in [1.54, 1.807) is 23.0 Å². The van der Waals surface area contributed by atoms with Crippen LogP contribution in [0.25, 0.3) is 5.95 Å². The van der Waals surface area contributed by atoms with Gasteiger partial charge in [0.1, 0.15) is 6.33 Å². The van der Waals surface area contributed by atoms with Crippen LogP contribution in [0.4, 0.5) is 11.9 Å². The van der Waals surface area contributed by atoms with Gasteiger partial charge in [-0.3, -0.25) is 0 Å². The first kappa shape index (κ1) is 17.4. The number of hydrogen-bond acceptors (Lipinski definition) is 8. The second kappa shape index (κ2) is 7.66. The van der Waals surface area contributed by atoms with Gasteiger partial charge in [0.15, 0.2) is 0 Å². The minimum atomic E-state index is 0.411. The molecule has 0 radical (unpaired) electrons. The summed E-state index contributed by atoms with van der Waals surface area (Å²) in [7, 11) is 5.49. The number of halogens is 1.